The van der Waals surface area contributed by atoms with Crippen LogP contribution in [0.25, 0.3) is 11.2 Å². The lowest BCUT2D eigenvalue weighted by atomic mass is 10.2. The van der Waals surface area contributed by atoms with Crippen LogP contribution >= 0.6 is 0 Å². The minimum Gasteiger partial charge on any atom is -0.464 e. The second-order valence-electron chi connectivity index (χ2n) is 7.71. The molecule has 0 spiro atoms. The molecule has 0 fully saturated rings. The van der Waals surface area contributed by atoms with E-state index < -0.39 is 11.2 Å². The molecule has 9 heteroatoms. The maximum absolute atomic E-state index is 13.3. The van der Waals surface area contributed by atoms with E-state index in [0.29, 0.717) is 23.5 Å². The first-order valence-electron chi connectivity index (χ1n) is 10.4. The zero-order valence-electron chi connectivity index (χ0n) is 18.3. The summed E-state index contributed by atoms with van der Waals surface area (Å²) in [6.07, 6.45) is 1.55. The summed E-state index contributed by atoms with van der Waals surface area (Å²) in [5.74, 6) is 1.01. The molecule has 0 N–H and O–H groups in total. The molecule has 0 bridgehead atoms. The molecule has 1 amide bonds. The lowest BCUT2D eigenvalue weighted by molar-refractivity contribution is -0.131. The number of nitrogens with zero attached hydrogens (tertiary/aromatic N) is 5. The number of likely N-dealkylation sites (N-methyl/N-ethyl adjacent to an activating group) is 1. The number of carbonyl (C=O) groups excluding carboxylic acids is 1. The Morgan fingerprint density at radius 2 is 1.84 bits per heavy atom. The molecule has 0 atom stereocenters. The van der Waals surface area contributed by atoms with Crippen LogP contribution in [0.5, 0.6) is 0 Å². The molecular formula is C23H25N5O4. The Morgan fingerprint density at radius 1 is 1.09 bits per heavy atom. The summed E-state index contributed by atoms with van der Waals surface area (Å²) in [6, 6.07) is 13.1. The number of benzene rings is 1. The van der Waals surface area contributed by atoms with E-state index in [1.54, 1.807) is 24.0 Å². The van der Waals surface area contributed by atoms with Crippen LogP contribution in [0.1, 0.15) is 24.0 Å². The predicted octanol–water partition coefficient (Wildman–Crippen LogP) is 1.99. The van der Waals surface area contributed by atoms with Crippen LogP contribution in [0.4, 0.5) is 0 Å². The van der Waals surface area contributed by atoms with E-state index in [1.165, 1.54) is 9.47 Å². The number of fused-ring (bicyclic) bond motifs is 1. The van der Waals surface area contributed by atoms with Crippen LogP contribution in [-0.2, 0) is 31.0 Å². The fraction of sp³-hybridized carbons (Fsp3) is 0.304. The number of amides is 1. The highest BCUT2D eigenvalue weighted by atomic mass is 16.3. The summed E-state index contributed by atoms with van der Waals surface area (Å²) in [7, 11) is 1.61. The van der Waals surface area contributed by atoms with Gasteiger partial charge >= 0.3 is 5.69 Å². The van der Waals surface area contributed by atoms with Crippen LogP contribution in [-0.4, -0.2) is 36.5 Å². The number of imidazole rings is 1. The standard InChI is InChI=1S/C23H25N5O4/c1-4-26-15-24-21-20(26)22(30)28(23(31)27(21)12-17-8-6-5-7-9-17)14-19(29)25(3)13-18-11-10-16(2)32-18/h5-11,15H,4,12-14H2,1-3H3. The lowest BCUT2D eigenvalue weighted by Gasteiger charge is -2.17. The molecule has 32 heavy (non-hydrogen) atoms. The van der Waals surface area contributed by atoms with E-state index in [1.807, 2.05) is 50.2 Å². The largest absolute Gasteiger partial charge is 0.464 e. The van der Waals surface area contributed by atoms with Crippen LogP contribution in [0.15, 0.2) is 62.8 Å². The zero-order chi connectivity index (χ0) is 22.8. The number of carbonyl (C=O) groups is 1. The third-order valence-corrected chi connectivity index (χ3v) is 5.42. The molecule has 1 aromatic carbocycles. The van der Waals surface area contributed by atoms with E-state index in [-0.39, 0.29) is 25.5 Å². The molecule has 0 aliphatic heterocycles. The van der Waals surface area contributed by atoms with Gasteiger partial charge in [-0.05, 0) is 31.5 Å². The number of hydrogen-bond acceptors (Lipinski definition) is 5. The quantitative estimate of drug-likeness (QED) is 0.442. The van der Waals surface area contributed by atoms with E-state index >= 15 is 0 Å². The first-order chi connectivity index (χ1) is 15.4. The van der Waals surface area contributed by atoms with Crippen molar-refractivity contribution in [2.45, 2.75) is 40.0 Å². The molecule has 0 saturated carbocycles. The summed E-state index contributed by atoms with van der Waals surface area (Å²) in [4.78, 5) is 45.2. The number of hydrogen-bond donors (Lipinski definition) is 0. The smallest absolute Gasteiger partial charge is 0.333 e. The number of furan rings is 1. The Hall–Kier alpha value is -3.88. The molecule has 0 saturated heterocycles. The van der Waals surface area contributed by atoms with Crippen molar-refractivity contribution in [3.63, 3.8) is 0 Å². The molecule has 0 unspecified atom stereocenters. The summed E-state index contributed by atoms with van der Waals surface area (Å²) in [6.45, 7) is 4.35. The fourth-order valence-electron chi connectivity index (χ4n) is 3.67. The average Bonchev–Trinajstić information content (AvgIpc) is 3.40. The van der Waals surface area contributed by atoms with Gasteiger partial charge in [-0.3, -0.25) is 14.2 Å². The summed E-state index contributed by atoms with van der Waals surface area (Å²) >= 11 is 0. The first-order valence-corrected chi connectivity index (χ1v) is 10.4. The molecule has 3 aromatic heterocycles. The third-order valence-electron chi connectivity index (χ3n) is 5.42. The highest BCUT2D eigenvalue weighted by Crippen LogP contribution is 2.11. The van der Waals surface area contributed by atoms with Crippen LogP contribution in [0.2, 0.25) is 0 Å². The van der Waals surface area contributed by atoms with Crippen molar-refractivity contribution < 1.29 is 9.21 Å². The van der Waals surface area contributed by atoms with Crippen molar-refractivity contribution in [1.29, 1.82) is 0 Å². The Balaban J connectivity index is 1.74. The molecule has 0 radical (unpaired) electrons. The van der Waals surface area contributed by atoms with Crippen molar-refractivity contribution >= 4 is 17.1 Å². The normalized spacial score (nSPS) is 11.2. The van der Waals surface area contributed by atoms with Gasteiger partial charge in [0, 0.05) is 13.6 Å². The predicted molar refractivity (Wildman–Crippen MR) is 119 cm³/mol. The van der Waals surface area contributed by atoms with Crippen LogP contribution < -0.4 is 11.2 Å². The van der Waals surface area contributed by atoms with Crippen molar-refractivity contribution in [3.05, 3.63) is 86.7 Å². The second-order valence-corrected chi connectivity index (χ2v) is 7.71. The first kappa shape index (κ1) is 21.4. The van der Waals surface area contributed by atoms with Gasteiger partial charge < -0.3 is 13.9 Å². The Bertz CT molecular complexity index is 1380. The third kappa shape index (κ3) is 4.01. The molecule has 166 valence electrons. The van der Waals surface area contributed by atoms with E-state index in [9.17, 15) is 14.4 Å². The van der Waals surface area contributed by atoms with Gasteiger partial charge in [-0.25, -0.2) is 14.3 Å². The highest BCUT2D eigenvalue weighted by molar-refractivity contribution is 5.76. The van der Waals surface area contributed by atoms with Gasteiger partial charge in [0.05, 0.1) is 19.4 Å². The maximum atomic E-state index is 13.3. The van der Waals surface area contributed by atoms with Crippen LogP contribution in [0, 0.1) is 6.92 Å². The van der Waals surface area contributed by atoms with Crippen molar-refractivity contribution in [3.8, 4) is 0 Å². The van der Waals surface area contributed by atoms with Gasteiger partial charge in [0.2, 0.25) is 5.91 Å². The van der Waals surface area contributed by atoms with Gasteiger partial charge in [-0.2, -0.15) is 0 Å². The molecule has 3 heterocycles. The van der Waals surface area contributed by atoms with E-state index in [4.69, 9.17) is 4.42 Å². The molecule has 0 aliphatic rings. The van der Waals surface area contributed by atoms with Gasteiger partial charge in [0.15, 0.2) is 11.2 Å². The lowest BCUT2D eigenvalue weighted by Crippen LogP contribution is -2.44. The van der Waals surface area contributed by atoms with Gasteiger partial charge in [-0.15, -0.1) is 0 Å². The Morgan fingerprint density at radius 3 is 2.50 bits per heavy atom. The van der Waals surface area contributed by atoms with Gasteiger partial charge in [-0.1, -0.05) is 30.3 Å². The highest BCUT2D eigenvalue weighted by Gasteiger charge is 2.21. The summed E-state index contributed by atoms with van der Waals surface area (Å²) in [5.41, 5.74) is 0.422. The minimum absolute atomic E-state index is 0.243. The zero-order valence-corrected chi connectivity index (χ0v) is 18.3. The van der Waals surface area contributed by atoms with Gasteiger partial charge in [0.1, 0.15) is 18.1 Å². The molecule has 4 aromatic rings. The molecular weight excluding hydrogens is 410 g/mol. The fourth-order valence-corrected chi connectivity index (χ4v) is 3.67. The minimum atomic E-state index is -0.566. The SMILES string of the molecule is CCn1cnc2c1c(=O)n(CC(=O)N(C)Cc1ccc(C)o1)c(=O)n2Cc1ccccc1. The van der Waals surface area contributed by atoms with Crippen molar-refractivity contribution in [2.24, 2.45) is 0 Å². The Kier molecular flexibility index (Phi) is 5.81. The number of aromatic nitrogens is 4. The average molecular weight is 435 g/mol. The number of rotatable bonds is 7. The topological polar surface area (TPSA) is 95.3 Å². The van der Waals surface area contributed by atoms with E-state index in [0.717, 1.165) is 15.9 Å². The molecule has 4 rings (SSSR count). The summed E-state index contributed by atoms with van der Waals surface area (Å²) in [5, 5.41) is 0. The van der Waals surface area contributed by atoms with Crippen molar-refractivity contribution in [2.75, 3.05) is 7.05 Å². The van der Waals surface area contributed by atoms with E-state index in [2.05, 4.69) is 4.98 Å². The second kappa shape index (κ2) is 8.70. The Labute approximate surface area is 184 Å². The molecule has 0 aliphatic carbocycles. The van der Waals surface area contributed by atoms with Crippen LogP contribution in [0.3, 0.4) is 0 Å². The monoisotopic (exact) mass is 435 g/mol. The summed E-state index contributed by atoms with van der Waals surface area (Å²) < 4.78 is 9.65. The molecule has 9 nitrogen and oxygen atoms in total. The van der Waals surface area contributed by atoms with Crippen molar-refractivity contribution in [1.82, 2.24) is 23.6 Å². The van der Waals surface area contributed by atoms with Gasteiger partial charge in [0.25, 0.3) is 5.56 Å². The maximum Gasteiger partial charge on any atom is 0.333 e. The number of aryl methyl sites for hydroxylation is 2.